The number of non-ortho nitro benzene ring substituents is 1. The Balaban J connectivity index is 1.67. The molecular formula is C17H17Cl2N3O4S. The molecule has 3 rings (SSSR count). The van der Waals surface area contributed by atoms with Crippen molar-refractivity contribution in [2.45, 2.75) is 11.4 Å². The molecular weight excluding hydrogens is 413 g/mol. The highest BCUT2D eigenvalue weighted by molar-refractivity contribution is 7.89. The van der Waals surface area contributed by atoms with Crippen LogP contribution in [-0.2, 0) is 16.6 Å². The Hall–Kier alpha value is -1.71. The van der Waals surface area contributed by atoms with Crippen LogP contribution in [-0.4, -0.2) is 48.7 Å². The van der Waals surface area contributed by atoms with Gasteiger partial charge in [-0.1, -0.05) is 35.3 Å². The van der Waals surface area contributed by atoms with Crippen molar-refractivity contribution in [3.63, 3.8) is 0 Å². The fraction of sp³-hybridized carbons (Fsp3) is 0.294. The number of rotatable bonds is 5. The van der Waals surface area contributed by atoms with E-state index in [-0.39, 0.29) is 10.6 Å². The minimum Gasteiger partial charge on any atom is -0.296 e. The summed E-state index contributed by atoms with van der Waals surface area (Å²) in [5.41, 5.74) is 0.683. The lowest BCUT2D eigenvalue weighted by atomic mass is 10.2. The van der Waals surface area contributed by atoms with Crippen LogP contribution >= 0.6 is 23.2 Å². The Bertz CT molecular complexity index is 960. The summed E-state index contributed by atoms with van der Waals surface area (Å²) in [5.74, 6) is 0. The average molecular weight is 430 g/mol. The number of nitro groups is 1. The molecule has 1 heterocycles. The maximum Gasteiger partial charge on any atom is 0.270 e. The highest BCUT2D eigenvalue weighted by atomic mass is 35.5. The Kier molecular flexibility index (Phi) is 6.02. The van der Waals surface area contributed by atoms with E-state index in [4.69, 9.17) is 23.2 Å². The fourth-order valence-electron chi connectivity index (χ4n) is 2.93. The summed E-state index contributed by atoms with van der Waals surface area (Å²) in [5, 5.41) is 12.0. The summed E-state index contributed by atoms with van der Waals surface area (Å²) < 4.78 is 26.9. The maximum atomic E-state index is 12.8. The molecule has 0 N–H and O–H groups in total. The summed E-state index contributed by atoms with van der Waals surface area (Å²) in [6.07, 6.45) is 0. The summed E-state index contributed by atoms with van der Waals surface area (Å²) in [6, 6.07) is 10.4. The third-order valence-corrected chi connectivity index (χ3v) is 6.89. The molecule has 0 bridgehead atoms. The topological polar surface area (TPSA) is 83.8 Å². The maximum absolute atomic E-state index is 12.8. The average Bonchev–Trinajstić information content (AvgIpc) is 2.64. The minimum absolute atomic E-state index is 0.0640. The number of piperazine rings is 1. The van der Waals surface area contributed by atoms with Crippen molar-refractivity contribution in [1.82, 2.24) is 9.21 Å². The molecule has 0 aliphatic carbocycles. The quantitative estimate of drug-likeness (QED) is 0.536. The van der Waals surface area contributed by atoms with Gasteiger partial charge in [0.2, 0.25) is 10.0 Å². The van der Waals surface area contributed by atoms with Gasteiger partial charge in [-0.25, -0.2) is 8.42 Å². The normalized spacial score (nSPS) is 16.4. The third-order valence-electron chi connectivity index (χ3n) is 4.41. The van der Waals surface area contributed by atoms with Crippen molar-refractivity contribution < 1.29 is 13.3 Å². The fourth-order valence-corrected chi connectivity index (χ4v) is 4.86. The molecule has 0 spiro atoms. The Labute approximate surface area is 167 Å². The van der Waals surface area contributed by atoms with Crippen molar-refractivity contribution in [3.05, 3.63) is 68.2 Å². The molecule has 0 atom stereocenters. The number of hydrogen-bond acceptors (Lipinski definition) is 5. The van der Waals surface area contributed by atoms with Gasteiger partial charge in [0.25, 0.3) is 5.69 Å². The third kappa shape index (κ3) is 4.59. The van der Waals surface area contributed by atoms with Gasteiger partial charge in [-0.05, 0) is 23.8 Å². The van der Waals surface area contributed by atoms with Crippen molar-refractivity contribution in [3.8, 4) is 0 Å². The molecule has 2 aromatic carbocycles. The molecule has 0 aromatic heterocycles. The van der Waals surface area contributed by atoms with Crippen molar-refractivity contribution in [1.29, 1.82) is 0 Å². The summed E-state index contributed by atoms with van der Waals surface area (Å²) in [4.78, 5) is 12.3. The van der Waals surface area contributed by atoms with Gasteiger partial charge in [-0.15, -0.1) is 0 Å². The van der Waals surface area contributed by atoms with Crippen molar-refractivity contribution in [2.75, 3.05) is 26.2 Å². The molecule has 144 valence electrons. The first-order valence-corrected chi connectivity index (χ1v) is 10.4. The predicted octanol–water partition coefficient (Wildman–Crippen LogP) is 3.41. The predicted molar refractivity (Wildman–Crippen MR) is 104 cm³/mol. The van der Waals surface area contributed by atoms with Gasteiger partial charge in [-0.2, -0.15) is 4.31 Å². The van der Waals surface area contributed by atoms with Gasteiger partial charge in [0.05, 0.1) is 9.82 Å². The number of sulfonamides is 1. The molecule has 7 nitrogen and oxygen atoms in total. The Morgan fingerprint density at radius 3 is 2.37 bits per heavy atom. The zero-order chi connectivity index (χ0) is 19.6. The van der Waals surface area contributed by atoms with Gasteiger partial charge in [-0.3, -0.25) is 15.0 Å². The number of halogens is 2. The second-order valence-electron chi connectivity index (χ2n) is 6.17. The Morgan fingerprint density at radius 1 is 1.04 bits per heavy atom. The summed E-state index contributed by atoms with van der Waals surface area (Å²) >= 11 is 12.1. The lowest BCUT2D eigenvalue weighted by molar-refractivity contribution is -0.385. The first-order valence-electron chi connectivity index (χ1n) is 8.18. The lowest BCUT2D eigenvalue weighted by Gasteiger charge is -2.34. The van der Waals surface area contributed by atoms with Crippen LogP contribution in [0, 0.1) is 10.1 Å². The van der Waals surface area contributed by atoms with E-state index in [1.54, 1.807) is 12.1 Å². The van der Waals surface area contributed by atoms with Gasteiger partial charge >= 0.3 is 0 Å². The SMILES string of the molecule is O=[N+]([O-])c1cccc(S(=O)(=O)N2CCN(Cc3ccc(Cl)cc3Cl)CC2)c1. The van der Waals surface area contributed by atoms with Crippen LogP contribution in [0.5, 0.6) is 0 Å². The monoisotopic (exact) mass is 429 g/mol. The molecule has 1 aliphatic rings. The minimum atomic E-state index is -3.77. The first-order chi connectivity index (χ1) is 12.8. The van der Waals surface area contributed by atoms with Crippen molar-refractivity contribution >= 4 is 38.9 Å². The van der Waals surface area contributed by atoms with E-state index in [2.05, 4.69) is 4.90 Å². The standard InChI is InChI=1S/C17H17Cl2N3O4S/c18-14-5-4-13(17(19)10-14)12-20-6-8-21(9-7-20)27(25,26)16-3-1-2-15(11-16)22(23)24/h1-5,10-11H,6-9,12H2. The second-order valence-corrected chi connectivity index (χ2v) is 8.95. The highest BCUT2D eigenvalue weighted by Crippen LogP contribution is 2.25. The molecule has 0 radical (unpaired) electrons. The van der Waals surface area contributed by atoms with Crippen LogP contribution in [0.15, 0.2) is 47.4 Å². The number of nitrogens with zero attached hydrogens (tertiary/aromatic N) is 3. The van der Waals surface area contributed by atoms with Crippen molar-refractivity contribution in [2.24, 2.45) is 0 Å². The molecule has 2 aromatic rings. The molecule has 0 amide bonds. The van der Waals surface area contributed by atoms with Gasteiger partial charge in [0.15, 0.2) is 0 Å². The molecule has 1 saturated heterocycles. The van der Waals surface area contributed by atoms with Gasteiger partial charge in [0.1, 0.15) is 0 Å². The number of benzene rings is 2. The van der Waals surface area contributed by atoms with Gasteiger partial charge < -0.3 is 0 Å². The van der Waals surface area contributed by atoms with E-state index < -0.39 is 14.9 Å². The van der Waals surface area contributed by atoms with Crippen LogP contribution in [0.25, 0.3) is 0 Å². The van der Waals surface area contributed by atoms with E-state index in [9.17, 15) is 18.5 Å². The zero-order valence-corrected chi connectivity index (χ0v) is 16.5. The molecule has 0 saturated carbocycles. The van der Waals surface area contributed by atoms with Crippen LogP contribution in [0.1, 0.15) is 5.56 Å². The van der Waals surface area contributed by atoms with E-state index >= 15 is 0 Å². The van der Waals surface area contributed by atoms with Crippen LogP contribution in [0.2, 0.25) is 10.0 Å². The Morgan fingerprint density at radius 2 is 1.74 bits per heavy atom. The van der Waals surface area contributed by atoms with E-state index in [0.29, 0.717) is 42.8 Å². The molecule has 1 fully saturated rings. The lowest BCUT2D eigenvalue weighted by Crippen LogP contribution is -2.48. The van der Waals surface area contributed by atoms with Crippen LogP contribution < -0.4 is 0 Å². The van der Waals surface area contributed by atoms with Gasteiger partial charge in [0, 0.05) is 54.9 Å². The summed E-state index contributed by atoms with van der Waals surface area (Å²) in [7, 11) is -3.77. The summed E-state index contributed by atoms with van der Waals surface area (Å²) in [6.45, 7) is 2.27. The van der Waals surface area contributed by atoms with Crippen LogP contribution in [0.4, 0.5) is 5.69 Å². The molecule has 27 heavy (non-hydrogen) atoms. The highest BCUT2D eigenvalue weighted by Gasteiger charge is 2.29. The molecule has 0 unspecified atom stereocenters. The largest absolute Gasteiger partial charge is 0.296 e. The molecule has 10 heteroatoms. The number of nitro benzene ring substituents is 1. The zero-order valence-electron chi connectivity index (χ0n) is 14.2. The van der Waals surface area contributed by atoms with E-state index in [1.807, 2.05) is 6.07 Å². The number of hydrogen-bond donors (Lipinski definition) is 0. The second kappa shape index (κ2) is 8.12. The smallest absolute Gasteiger partial charge is 0.270 e. The first kappa shape index (κ1) is 20.0. The van der Waals surface area contributed by atoms with E-state index in [1.165, 1.54) is 22.5 Å². The molecule has 1 aliphatic heterocycles. The van der Waals surface area contributed by atoms with E-state index in [0.717, 1.165) is 11.6 Å². The van der Waals surface area contributed by atoms with Crippen LogP contribution in [0.3, 0.4) is 0 Å².